The second-order valence-corrected chi connectivity index (χ2v) is 7.75. The van der Waals surface area contributed by atoms with Gasteiger partial charge < -0.3 is 5.11 Å². The third kappa shape index (κ3) is 2.53. The maximum Gasteiger partial charge on any atom is 0.154 e. The largest absolute Gasteiger partial charge is 0.507 e. The normalized spacial score (nSPS) is 19.5. The van der Waals surface area contributed by atoms with Crippen LogP contribution in [0.1, 0.15) is 49.0 Å². The van der Waals surface area contributed by atoms with Crippen LogP contribution >= 0.6 is 0 Å². The van der Waals surface area contributed by atoms with Crippen LogP contribution in [0.4, 0.5) is 0 Å². The zero-order valence-corrected chi connectivity index (χ0v) is 11.9. The van der Waals surface area contributed by atoms with Gasteiger partial charge in [0.25, 0.3) is 0 Å². The molecule has 3 nitrogen and oxygen atoms in total. The summed E-state index contributed by atoms with van der Waals surface area (Å²) >= 11 is 0. The lowest BCUT2D eigenvalue weighted by Gasteiger charge is -2.18. The van der Waals surface area contributed by atoms with Gasteiger partial charge in [-0.25, -0.2) is 8.42 Å². The van der Waals surface area contributed by atoms with Crippen molar-refractivity contribution in [2.75, 3.05) is 6.26 Å². The molecular weight excluding hydrogens is 248 g/mol. The molecule has 0 amide bonds. The van der Waals surface area contributed by atoms with E-state index in [0.29, 0.717) is 17.4 Å². The molecule has 0 saturated heterocycles. The molecule has 0 unspecified atom stereocenters. The summed E-state index contributed by atoms with van der Waals surface area (Å²) in [6.45, 7) is 3.72. The highest BCUT2D eigenvalue weighted by Crippen LogP contribution is 2.46. The number of hydrogen-bond acceptors (Lipinski definition) is 3. The fourth-order valence-corrected chi connectivity index (χ4v) is 3.01. The molecule has 100 valence electrons. The molecule has 0 radical (unpaired) electrons. The van der Waals surface area contributed by atoms with Gasteiger partial charge in [-0.05, 0) is 37.2 Å². The summed E-state index contributed by atoms with van der Waals surface area (Å²) < 4.78 is 23.2. The van der Waals surface area contributed by atoms with Crippen molar-refractivity contribution in [1.82, 2.24) is 0 Å². The lowest BCUT2D eigenvalue weighted by Crippen LogP contribution is -2.09. The molecule has 0 bridgehead atoms. The van der Waals surface area contributed by atoms with E-state index in [9.17, 15) is 13.5 Å². The summed E-state index contributed by atoms with van der Waals surface area (Å²) in [6.07, 6.45) is 3.60. The summed E-state index contributed by atoms with van der Waals surface area (Å²) in [7, 11) is -3.19. The molecule has 1 aromatic carbocycles. The van der Waals surface area contributed by atoms with Gasteiger partial charge in [-0.3, -0.25) is 0 Å². The number of phenols is 1. The number of hydrogen-bond donors (Lipinski definition) is 1. The van der Waals surface area contributed by atoms with E-state index in [0.717, 1.165) is 5.56 Å². The van der Waals surface area contributed by atoms with Crippen LogP contribution in [-0.4, -0.2) is 19.8 Å². The van der Waals surface area contributed by atoms with Crippen molar-refractivity contribution >= 4 is 9.84 Å². The average molecular weight is 268 g/mol. The molecular formula is C14H20O3S. The summed E-state index contributed by atoms with van der Waals surface area (Å²) in [6, 6.07) is 5.44. The molecule has 0 aromatic heterocycles. The van der Waals surface area contributed by atoms with Gasteiger partial charge in [0.1, 0.15) is 5.75 Å². The quantitative estimate of drug-likeness (QED) is 0.913. The molecule has 4 heteroatoms. The Hall–Kier alpha value is -1.03. The molecule has 1 aliphatic carbocycles. The number of sulfone groups is 1. The molecule has 2 atom stereocenters. The number of rotatable bonds is 4. The standard InChI is InChI=1S/C14H20O3S/c1-9(11-7-8-11)12-5-4-6-13(14(12)15)10(2)18(3,16)17/h4-6,9-11,15H,7-8H2,1-3H3/t9-,10-/m0/s1. The fourth-order valence-electron chi connectivity index (χ4n) is 2.36. The predicted molar refractivity (Wildman–Crippen MR) is 72.5 cm³/mol. The Labute approximate surface area is 109 Å². The van der Waals surface area contributed by atoms with Crippen LogP contribution in [0.3, 0.4) is 0 Å². The van der Waals surface area contributed by atoms with Crippen LogP contribution in [0.5, 0.6) is 5.75 Å². The van der Waals surface area contributed by atoms with Crippen LogP contribution in [-0.2, 0) is 9.84 Å². The Bertz CT molecular complexity index is 544. The fraction of sp³-hybridized carbons (Fsp3) is 0.571. The molecule has 1 N–H and O–H groups in total. The van der Waals surface area contributed by atoms with Crippen molar-refractivity contribution in [1.29, 1.82) is 0 Å². The van der Waals surface area contributed by atoms with E-state index in [1.54, 1.807) is 13.0 Å². The second-order valence-electron chi connectivity index (χ2n) is 5.38. The van der Waals surface area contributed by atoms with E-state index >= 15 is 0 Å². The Morgan fingerprint density at radius 3 is 2.28 bits per heavy atom. The highest BCUT2D eigenvalue weighted by atomic mass is 32.2. The molecule has 1 fully saturated rings. The van der Waals surface area contributed by atoms with Crippen molar-refractivity contribution < 1.29 is 13.5 Å². The molecule has 0 aliphatic heterocycles. The number of phenolic OH excluding ortho intramolecular Hbond substituents is 1. The predicted octanol–water partition coefficient (Wildman–Crippen LogP) is 3.01. The smallest absolute Gasteiger partial charge is 0.154 e. The van der Waals surface area contributed by atoms with Gasteiger partial charge >= 0.3 is 0 Å². The molecule has 1 saturated carbocycles. The highest BCUT2D eigenvalue weighted by molar-refractivity contribution is 7.90. The van der Waals surface area contributed by atoms with Crippen LogP contribution in [0.25, 0.3) is 0 Å². The van der Waals surface area contributed by atoms with Crippen molar-refractivity contribution in [2.24, 2.45) is 5.92 Å². The molecule has 18 heavy (non-hydrogen) atoms. The molecule has 1 aliphatic rings. The third-order valence-electron chi connectivity index (χ3n) is 4.00. The van der Waals surface area contributed by atoms with Crippen LogP contribution in [0.2, 0.25) is 0 Å². The average Bonchev–Trinajstić information content (AvgIpc) is 3.10. The minimum absolute atomic E-state index is 0.162. The summed E-state index contributed by atoms with van der Waals surface area (Å²) in [5.74, 6) is 1.10. The Morgan fingerprint density at radius 2 is 1.78 bits per heavy atom. The first-order valence-corrected chi connectivity index (χ1v) is 8.28. The molecule has 0 spiro atoms. The molecule has 2 rings (SSSR count). The first-order chi connectivity index (χ1) is 8.32. The number of para-hydroxylation sites is 1. The Morgan fingerprint density at radius 1 is 1.22 bits per heavy atom. The van der Waals surface area contributed by atoms with Gasteiger partial charge in [-0.15, -0.1) is 0 Å². The topological polar surface area (TPSA) is 54.4 Å². The lowest BCUT2D eigenvalue weighted by atomic mass is 9.93. The van der Waals surface area contributed by atoms with Crippen LogP contribution in [0, 0.1) is 5.92 Å². The van der Waals surface area contributed by atoms with Crippen molar-refractivity contribution in [3.05, 3.63) is 29.3 Å². The minimum Gasteiger partial charge on any atom is -0.507 e. The van der Waals surface area contributed by atoms with Gasteiger partial charge in [-0.1, -0.05) is 25.1 Å². The highest BCUT2D eigenvalue weighted by Gasteiger charge is 2.31. The van der Waals surface area contributed by atoms with Gasteiger partial charge in [0.05, 0.1) is 5.25 Å². The third-order valence-corrected chi connectivity index (χ3v) is 5.54. The van der Waals surface area contributed by atoms with E-state index < -0.39 is 15.1 Å². The molecule has 1 aromatic rings. The summed E-state index contributed by atoms with van der Waals surface area (Å²) in [5.41, 5.74) is 1.40. The monoisotopic (exact) mass is 268 g/mol. The van der Waals surface area contributed by atoms with Gasteiger partial charge in [0.2, 0.25) is 0 Å². The summed E-state index contributed by atoms with van der Waals surface area (Å²) in [5, 5.41) is 9.64. The van der Waals surface area contributed by atoms with Crippen molar-refractivity contribution in [3.8, 4) is 5.75 Å². The maximum absolute atomic E-state index is 11.6. The van der Waals surface area contributed by atoms with Gasteiger partial charge in [0, 0.05) is 11.8 Å². The Balaban J connectivity index is 2.41. The number of aromatic hydroxyl groups is 1. The van der Waals surface area contributed by atoms with Crippen molar-refractivity contribution in [2.45, 2.75) is 37.9 Å². The Kier molecular flexibility index (Phi) is 3.41. The maximum atomic E-state index is 11.6. The van der Waals surface area contributed by atoms with E-state index in [-0.39, 0.29) is 5.75 Å². The number of benzene rings is 1. The zero-order chi connectivity index (χ0) is 13.5. The van der Waals surface area contributed by atoms with E-state index in [4.69, 9.17) is 0 Å². The van der Waals surface area contributed by atoms with E-state index in [2.05, 4.69) is 6.92 Å². The van der Waals surface area contributed by atoms with Gasteiger partial charge in [0.15, 0.2) is 9.84 Å². The van der Waals surface area contributed by atoms with Crippen molar-refractivity contribution in [3.63, 3.8) is 0 Å². The second kappa shape index (κ2) is 4.57. The van der Waals surface area contributed by atoms with Gasteiger partial charge in [-0.2, -0.15) is 0 Å². The zero-order valence-electron chi connectivity index (χ0n) is 11.1. The lowest BCUT2D eigenvalue weighted by molar-refractivity contribution is 0.450. The van der Waals surface area contributed by atoms with E-state index in [1.165, 1.54) is 19.1 Å². The summed E-state index contributed by atoms with van der Waals surface area (Å²) in [4.78, 5) is 0. The first-order valence-electron chi connectivity index (χ1n) is 6.33. The first kappa shape index (κ1) is 13.4. The SMILES string of the molecule is C[C@H](c1cccc([C@H](C)S(C)(=O)=O)c1O)C1CC1. The van der Waals surface area contributed by atoms with E-state index in [1.807, 2.05) is 12.1 Å². The van der Waals surface area contributed by atoms with Crippen LogP contribution < -0.4 is 0 Å². The van der Waals surface area contributed by atoms with Crippen LogP contribution in [0.15, 0.2) is 18.2 Å². The molecule has 0 heterocycles. The minimum atomic E-state index is -3.19.